The molecule has 3 aromatic rings. The predicted octanol–water partition coefficient (Wildman–Crippen LogP) is 4.42. The summed E-state index contributed by atoms with van der Waals surface area (Å²) in [5.74, 6) is 0.216. The topological polar surface area (TPSA) is 33.1 Å². The lowest BCUT2D eigenvalue weighted by Gasteiger charge is -2.01. The number of fused-ring (bicyclic) bond motifs is 1. The highest BCUT2D eigenvalue weighted by molar-refractivity contribution is 5.85. The molecule has 0 saturated carbocycles. The number of aromatic nitrogens is 1. The molecule has 20 heavy (non-hydrogen) atoms. The number of nitrogens with zero attached hydrogens (tertiary/aromatic N) is 1. The van der Waals surface area contributed by atoms with Gasteiger partial charge in [-0.2, -0.15) is 0 Å². The van der Waals surface area contributed by atoms with Crippen LogP contribution < -0.4 is 0 Å². The third-order valence-electron chi connectivity index (χ3n) is 3.21. The molecule has 0 unspecified atom stereocenters. The molecule has 1 N–H and O–H groups in total. The van der Waals surface area contributed by atoms with Crippen LogP contribution in [0.1, 0.15) is 16.8 Å². The van der Waals surface area contributed by atoms with Crippen molar-refractivity contribution in [3.8, 4) is 5.75 Å². The summed E-state index contributed by atoms with van der Waals surface area (Å²) < 4.78 is 0. The van der Waals surface area contributed by atoms with Gasteiger partial charge in [-0.05, 0) is 30.7 Å². The normalized spacial score (nSPS) is 11.2. The standard InChI is InChI=1S/C18H15NO/c1-13-4-2-5-14(12-13)8-10-16-11-9-15-6-3-7-17(20)18(15)19-16/h2-12,20H,1H3. The van der Waals surface area contributed by atoms with Crippen LogP contribution in [0, 0.1) is 6.92 Å². The predicted molar refractivity (Wildman–Crippen MR) is 83.5 cm³/mol. The Bertz CT molecular complexity index is 790. The minimum absolute atomic E-state index is 0.216. The molecular formula is C18H15NO. The molecule has 0 aliphatic heterocycles. The van der Waals surface area contributed by atoms with Crippen molar-refractivity contribution < 1.29 is 5.11 Å². The van der Waals surface area contributed by atoms with Crippen molar-refractivity contribution in [2.24, 2.45) is 0 Å². The van der Waals surface area contributed by atoms with E-state index in [9.17, 15) is 5.11 Å². The third-order valence-corrected chi connectivity index (χ3v) is 3.21. The summed E-state index contributed by atoms with van der Waals surface area (Å²) in [6.45, 7) is 2.07. The summed E-state index contributed by atoms with van der Waals surface area (Å²) in [4.78, 5) is 4.48. The molecule has 2 aromatic carbocycles. The number of benzene rings is 2. The SMILES string of the molecule is Cc1cccc(C=Cc2ccc3cccc(O)c3n2)c1. The van der Waals surface area contributed by atoms with Crippen LogP contribution in [-0.4, -0.2) is 10.1 Å². The Morgan fingerprint density at radius 1 is 0.950 bits per heavy atom. The summed E-state index contributed by atoms with van der Waals surface area (Å²) >= 11 is 0. The van der Waals surface area contributed by atoms with Crippen molar-refractivity contribution in [3.63, 3.8) is 0 Å². The smallest absolute Gasteiger partial charge is 0.141 e. The first kappa shape index (κ1) is 12.4. The van der Waals surface area contributed by atoms with Crippen LogP contribution in [0.5, 0.6) is 5.75 Å². The molecule has 2 nitrogen and oxygen atoms in total. The number of para-hydroxylation sites is 1. The molecule has 0 bridgehead atoms. The van der Waals surface area contributed by atoms with Gasteiger partial charge in [0.2, 0.25) is 0 Å². The number of phenolic OH excluding ortho intramolecular Hbond substituents is 1. The van der Waals surface area contributed by atoms with E-state index in [1.165, 1.54) is 5.56 Å². The van der Waals surface area contributed by atoms with Gasteiger partial charge >= 0.3 is 0 Å². The minimum atomic E-state index is 0.216. The van der Waals surface area contributed by atoms with E-state index in [1.54, 1.807) is 6.07 Å². The molecule has 0 atom stereocenters. The maximum Gasteiger partial charge on any atom is 0.141 e. The summed E-state index contributed by atoms with van der Waals surface area (Å²) in [5, 5.41) is 10.8. The molecule has 1 heterocycles. The lowest BCUT2D eigenvalue weighted by atomic mass is 10.1. The molecule has 0 fully saturated rings. The van der Waals surface area contributed by atoms with E-state index in [-0.39, 0.29) is 5.75 Å². The summed E-state index contributed by atoms with van der Waals surface area (Å²) in [6.07, 6.45) is 3.99. The lowest BCUT2D eigenvalue weighted by Crippen LogP contribution is -1.84. The van der Waals surface area contributed by atoms with Crippen molar-refractivity contribution in [1.29, 1.82) is 0 Å². The second kappa shape index (κ2) is 5.17. The van der Waals surface area contributed by atoms with E-state index in [4.69, 9.17) is 0 Å². The fraction of sp³-hybridized carbons (Fsp3) is 0.0556. The van der Waals surface area contributed by atoms with Crippen LogP contribution in [0.4, 0.5) is 0 Å². The van der Waals surface area contributed by atoms with Crippen LogP contribution in [0.25, 0.3) is 23.1 Å². The molecule has 0 aliphatic carbocycles. The zero-order valence-corrected chi connectivity index (χ0v) is 11.2. The Hall–Kier alpha value is -2.61. The zero-order chi connectivity index (χ0) is 13.9. The van der Waals surface area contributed by atoms with Gasteiger partial charge in [0.1, 0.15) is 11.3 Å². The van der Waals surface area contributed by atoms with Gasteiger partial charge in [0.05, 0.1) is 5.69 Å². The Kier molecular flexibility index (Phi) is 3.21. The van der Waals surface area contributed by atoms with Crippen LogP contribution in [0.2, 0.25) is 0 Å². The molecule has 0 spiro atoms. The third kappa shape index (κ3) is 2.54. The van der Waals surface area contributed by atoms with Crippen molar-refractivity contribution in [3.05, 3.63) is 71.4 Å². The van der Waals surface area contributed by atoms with Gasteiger partial charge in [-0.25, -0.2) is 4.98 Å². The monoisotopic (exact) mass is 261 g/mol. The van der Waals surface area contributed by atoms with Gasteiger partial charge in [0, 0.05) is 5.39 Å². The highest BCUT2D eigenvalue weighted by atomic mass is 16.3. The Morgan fingerprint density at radius 2 is 1.80 bits per heavy atom. The number of pyridine rings is 1. The number of aromatic hydroxyl groups is 1. The molecule has 0 amide bonds. The molecule has 2 heteroatoms. The second-order valence-electron chi connectivity index (χ2n) is 4.83. The average molecular weight is 261 g/mol. The Morgan fingerprint density at radius 3 is 2.65 bits per heavy atom. The van der Waals surface area contributed by atoms with Gasteiger partial charge in [0.25, 0.3) is 0 Å². The van der Waals surface area contributed by atoms with E-state index >= 15 is 0 Å². The molecule has 3 rings (SSSR count). The largest absolute Gasteiger partial charge is 0.506 e. The highest BCUT2D eigenvalue weighted by Crippen LogP contribution is 2.22. The molecular weight excluding hydrogens is 246 g/mol. The van der Waals surface area contributed by atoms with Crippen molar-refractivity contribution >= 4 is 23.1 Å². The molecule has 0 aliphatic rings. The van der Waals surface area contributed by atoms with E-state index < -0.39 is 0 Å². The number of phenols is 1. The number of aryl methyl sites for hydroxylation is 1. The van der Waals surface area contributed by atoms with E-state index in [1.807, 2.05) is 42.5 Å². The maximum atomic E-state index is 9.83. The number of hydrogen-bond acceptors (Lipinski definition) is 2. The fourth-order valence-corrected chi connectivity index (χ4v) is 2.19. The van der Waals surface area contributed by atoms with Crippen LogP contribution in [-0.2, 0) is 0 Å². The quantitative estimate of drug-likeness (QED) is 0.740. The average Bonchev–Trinajstić information content (AvgIpc) is 2.46. The van der Waals surface area contributed by atoms with Gasteiger partial charge in [-0.1, -0.05) is 54.1 Å². The molecule has 1 aromatic heterocycles. The first-order valence-corrected chi connectivity index (χ1v) is 6.56. The molecule has 0 saturated heterocycles. The van der Waals surface area contributed by atoms with Crippen LogP contribution in [0.3, 0.4) is 0 Å². The van der Waals surface area contributed by atoms with Crippen molar-refractivity contribution in [1.82, 2.24) is 4.98 Å². The number of rotatable bonds is 2. The molecule has 98 valence electrons. The Balaban J connectivity index is 1.97. The van der Waals surface area contributed by atoms with Gasteiger partial charge < -0.3 is 5.11 Å². The van der Waals surface area contributed by atoms with Crippen molar-refractivity contribution in [2.45, 2.75) is 6.92 Å². The van der Waals surface area contributed by atoms with E-state index in [0.29, 0.717) is 5.52 Å². The lowest BCUT2D eigenvalue weighted by molar-refractivity contribution is 0.480. The number of hydrogen-bond donors (Lipinski definition) is 1. The summed E-state index contributed by atoms with van der Waals surface area (Å²) in [7, 11) is 0. The van der Waals surface area contributed by atoms with Crippen LogP contribution in [0.15, 0.2) is 54.6 Å². The van der Waals surface area contributed by atoms with E-state index in [0.717, 1.165) is 16.6 Å². The summed E-state index contributed by atoms with van der Waals surface area (Å²) in [5.41, 5.74) is 3.85. The zero-order valence-electron chi connectivity index (χ0n) is 11.2. The minimum Gasteiger partial charge on any atom is -0.506 e. The highest BCUT2D eigenvalue weighted by Gasteiger charge is 2.00. The fourth-order valence-electron chi connectivity index (χ4n) is 2.19. The first-order valence-electron chi connectivity index (χ1n) is 6.56. The van der Waals surface area contributed by atoms with Gasteiger partial charge in [-0.15, -0.1) is 0 Å². The maximum absolute atomic E-state index is 9.83. The van der Waals surface area contributed by atoms with Crippen molar-refractivity contribution in [2.75, 3.05) is 0 Å². The Labute approximate surface area is 118 Å². The molecule has 0 radical (unpaired) electrons. The first-order chi connectivity index (χ1) is 9.72. The van der Waals surface area contributed by atoms with Gasteiger partial charge in [-0.3, -0.25) is 0 Å². The van der Waals surface area contributed by atoms with Gasteiger partial charge in [0.15, 0.2) is 0 Å². The summed E-state index contributed by atoms with van der Waals surface area (Å²) in [6, 6.07) is 17.6. The van der Waals surface area contributed by atoms with Crippen LogP contribution >= 0.6 is 0 Å². The second-order valence-corrected chi connectivity index (χ2v) is 4.83. The van der Waals surface area contributed by atoms with E-state index in [2.05, 4.69) is 30.1 Å².